The van der Waals surface area contributed by atoms with Crippen molar-refractivity contribution in [2.45, 2.75) is 6.61 Å². The third-order valence-corrected chi connectivity index (χ3v) is 6.11. The molecule has 2 aromatic carbocycles. The number of aromatic carboxylic acids is 1. The van der Waals surface area contributed by atoms with E-state index in [0.29, 0.717) is 26.2 Å². The van der Waals surface area contributed by atoms with Gasteiger partial charge in [0.2, 0.25) is 0 Å². The van der Waals surface area contributed by atoms with Gasteiger partial charge in [0.1, 0.15) is 12.2 Å². The van der Waals surface area contributed by atoms with Crippen LogP contribution < -0.4 is 9.47 Å². The molecular formula is C22H19IN2O6S. The minimum atomic E-state index is -1.01. The van der Waals surface area contributed by atoms with Crippen LogP contribution in [0.1, 0.15) is 21.5 Å². The first kappa shape index (κ1) is 23.7. The summed E-state index contributed by atoms with van der Waals surface area (Å²) in [5.41, 5.74) is 1.43. The van der Waals surface area contributed by atoms with Crippen molar-refractivity contribution < 1.29 is 29.0 Å². The molecule has 2 amide bonds. The highest BCUT2D eigenvalue weighted by Crippen LogP contribution is 2.35. The van der Waals surface area contributed by atoms with E-state index in [1.807, 2.05) is 0 Å². The van der Waals surface area contributed by atoms with E-state index in [4.69, 9.17) is 26.8 Å². The highest BCUT2D eigenvalue weighted by Gasteiger charge is 2.35. The van der Waals surface area contributed by atoms with Crippen molar-refractivity contribution in [3.8, 4) is 11.5 Å². The van der Waals surface area contributed by atoms with E-state index in [9.17, 15) is 14.4 Å². The quantitative estimate of drug-likeness (QED) is 0.249. The van der Waals surface area contributed by atoms with E-state index in [0.717, 1.165) is 0 Å². The summed E-state index contributed by atoms with van der Waals surface area (Å²) in [4.78, 5) is 38.8. The molecule has 0 aliphatic carbocycles. The van der Waals surface area contributed by atoms with E-state index in [1.54, 1.807) is 24.3 Å². The van der Waals surface area contributed by atoms with Crippen molar-refractivity contribution >= 4 is 63.8 Å². The second kappa shape index (κ2) is 9.65. The van der Waals surface area contributed by atoms with E-state index < -0.39 is 17.8 Å². The number of carbonyl (C=O) groups excluding carboxylic acids is 2. The third-order valence-electron chi connectivity index (χ3n) is 4.76. The van der Waals surface area contributed by atoms with Gasteiger partial charge in [-0.05, 0) is 76.3 Å². The van der Waals surface area contributed by atoms with E-state index in [1.165, 1.54) is 49.2 Å². The lowest BCUT2D eigenvalue weighted by Gasteiger charge is -2.31. The van der Waals surface area contributed by atoms with Crippen molar-refractivity contribution in [3.05, 3.63) is 62.2 Å². The molecule has 0 spiro atoms. The predicted molar refractivity (Wildman–Crippen MR) is 130 cm³/mol. The monoisotopic (exact) mass is 566 g/mol. The molecule has 0 saturated carbocycles. The van der Waals surface area contributed by atoms with Gasteiger partial charge in [-0.1, -0.05) is 12.1 Å². The number of carbonyl (C=O) groups is 3. The predicted octanol–water partition coefficient (Wildman–Crippen LogP) is 3.18. The first-order valence-corrected chi connectivity index (χ1v) is 10.8. The van der Waals surface area contributed by atoms with Crippen molar-refractivity contribution in [2.75, 3.05) is 21.2 Å². The van der Waals surface area contributed by atoms with Gasteiger partial charge in [-0.25, -0.2) is 4.79 Å². The zero-order chi connectivity index (χ0) is 23.6. The van der Waals surface area contributed by atoms with Crippen LogP contribution in [0, 0.1) is 3.57 Å². The van der Waals surface area contributed by atoms with Crippen molar-refractivity contribution in [2.24, 2.45) is 0 Å². The maximum absolute atomic E-state index is 12.6. The molecule has 0 radical (unpaired) electrons. The van der Waals surface area contributed by atoms with E-state index >= 15 is 0 Å². The largest absolute Gasteiger partial charge is 0.493 e. The normalized spacial score (nSPS) is 14.0. The Kier molecular flexibility index (Phi) is 7.14. The molecule has 0 unspecified atom stereocenters. The van der Waals surface area contributed by atoms with Gasteiger partial charge in [-0.2, -0.15) is 0 Å². The maximum Gasteiger partial charge on any atom is 0.335 e. The molecule has 3 rings (SSSR count). The van der Waals surface area contributed by atoms with Crippen LogP contribution in [-0.4, -0.2) is 59.0 Å². The number of nitrogens with zero attached hydrogens (tertiary/aromatic N) is 2. The smallest absolute Gasteiger partial charge is 0.335 e. The Balaban J connectivity index is 1.90. The first-order valence-electron chi connectivity index (χ1n) is 9.28. The molecule has 32 heavy (non-hydrogen) atoms. The fraction of sp³-hybridized carbons (Fsp3) is 0.182. The minimum absolute atomic E-state index is 0.0133. The molecule has 2 aromatic rings. The Hall–Kier alpha value is -2.99. The minimum Gasteiger partial charge on any atom is -0.493 e. The number of rotatable bonds is 6. The molecule has 10 heteroatoms. The Bertz CT molecular complexity index is 1140. The zero-order valence-electron chi connectivity index (χ0n) is 17.4. The summed E-state index contributed by atoms with van der Waals surface area (Å²) in [6.07, 6.45) is 1.49. The molecule has 1 saturated heterocycles. The van der Waals surface area contributed by atoms with Gasteiger partial charge in [0.15, 0.2) is 16.6 Å². The van der Waals surface area contributed by atoms with Gasteiger partial charge in [0.25, 0.3) is 11.8 Å². The number of hydrogen-bond donors (Lipinski definition) is 1. The number of halogens is 1. The Morgan fingerprint density at radius 3 is 2.41 bits per heavy atom. The van der Waals surface area contributed by atoms with Crippen LogP contribution >= 0.6 is 34.8 Å². The summed E-state index contributed by atoms with van der Waals surface area (Å²) in [5, 5.41) is 9.28. The van der Waals surface area contributed by atoms with Crippen molar-refractivity contribution in [1.29, 1.82) is 0 Å². The fourth-order valence-corrected chi connectivity index (χ4v) is 4.00. The van der Waals surface area contributed by atoms with Gasteiger partial charge in [0.05, 0.1) is 16.2 Å². The molecule has 1 N–H and O–H groups in total. The standard InChI is InChI=1S/C22H19IN2O6S/c1-24-19(26)15(20(27)25(2)22(24)32)8-13-9-16(23)18(17(10-13)30-3)31-11-12-5-4-6-14(7-12)21(28)29/h4-10H,11H2,1-3H3,(H,28,29). The molecule has 1 aliphatic rings. The van der Waals surface area contributed by atoms with E-state index in [-0.39, 0.29) is 22.9 Å². The lowest BCUT2D eigenvalue weighted by atomic mass is 10.1. The van der Waals surface area contributed by atoms with Crippen molar-refractivity contribution in [1.82, 2.24) is 9.80 Å². The van der Waals surface area contributed by atoms with Gasteiger partial charge >= 0.3 is 5.97 Å². The lowest BCUT2D eigenvalue weighted by molar-refractivity contribution is -0.132. The molecule has 1 fully saturated rings. The number of amides is 2. The summed E-state index contributed by atoms with van der Waals surface area (Å²) < 4.78 is 12.0. The van der Waals surface area contributed by atoms with Crippen LogP contribution in [0.4, 0.5) is 0 Å². The van der Waals surface area contributed by atoms with Crippen LogP contribution in [0.15, 0.2) is 42.0 Å². The molecule has 8 nitrogen and oxygen atoms in total. The van der Waals surface area contributed by atoms with Crippen LogP contribution in [0.5, 0.6) is 11.5 Å². The average Bonchev–Trinajstić information content (AvgIpc) is 2.78. The van der Waals surface area contributed by atoms with Crippen LogP contribution in [0.3, 0.4) is 0 Å². The fourth-order valence-electron chi connectivity index (χ4n) is 3.05. The first-order chi connectivity index (χ1) is 15.1. The molecule has 1 heterocycles. The molecule has 0 aromatic heterocycles. The summed E-state index contributed by atoms with van der Waals surface area (Å²) in [5.74, 6) is -1.10. The van der Waals surface area contributed by atoms with Crippen LogP contribution in [-0.2, 0) is 16.2 Å². The number of thiocarbonyl (C=S) groups is 1. The molecular weight excluding hydrogens is 547 g/mol. The summed E-state index contributed by atoms with van der Waals surface area (Å²) >= 11 is 7.18. The van der Waals surface area contributed by atoms with Crippen LogP contribution in [0.25, 0.3) is 6.08 Å². The Labute approximate surface area is 203 Å². The highest BCUT2D eigenvalue weighted by molar-refractivity contribution is 14.1. The second-order valence-corrected chi connectivity index (χ2v) is 8.42. The number of hydrogen-bond acceptors (Lipinski definition) is 6. The number of carboxylic acid groups (broad SMARTS) is 1. The third kappa shape index (κ3) is 4.75. The zero-order valence-corrected chi connectivity index (χ0v) is 20.4. The molecule has 0 atom stereocenters. The van der Waals surface area contributed by atoms with E-state index in [2.05, 4.69) is 22.6 Å². The second-order valence-electron chi connectivity index (χ2n) is 6.90. The topological polar surface area (TPSA) is 96.4 Å². The summed E-state index contributed by atoms with van der Waals surface area (Å²) in [7, 11) is 4.52. The Morgan fingerprint density at radius 1 is 1.16 bits per heavy atom. The Morgan fingerprint density at radius 2 is 1.81 bits per heavy atom. The number of carboxylic acids is 1. The summed E-state index contributed by atoms with van der Waals surface area (Å²) in [6.45, 7) is 0.137. The van der Waals surface area contributed by atoms with Crippen LogP contribution in [0.2, 0.25) is 0 Å². The number of likely N-dealkylation sites (N-methyl/N-ethyl adjacent to an activating group) is 2. The SMILES string of the molecule is COc1cc(C=C2C(=O)N(C)C(=S)N(C)C2=O)cc(I)c1OCc1cccc(C(=O)O)c1. The van der Waals surface area contributed by atoms with Gasteiger partial charge in [0, 0.05) is 14.1 Å². The molecule has 1 aliphatic heterocycles. The summed E-state index contributed by atoms with van der Waals surface area (Å²) in [6, 6.07) is 9.88. The van der Waals surface area contributed by atoms with Gasteiger partial charge < -0.3 is 14.6 Å². The van der Waals surface area contributed by atoms with Crippen molar-refractivity contribution in [3.63, 3.8) is 0 Å². The number of ether oxygens (including phenoxy) is 2. The number of benzene rings is 2. The number of methoxy groups -OCH3 is 1. The van der Waals surface area contributed by atoms with Gasteiger partial charge in [-0.3, -0.25) is 19.4 Å². The molecule has 166 valence electrons. The highest BCUT2D eigenvalue weighted by atomic mass is 127. The average molecular weight is 566 g/mol. The van der Waals surface area contributed by atoms with Gasteiger partial charge in [-0.15, -0.1) is 0 Å². The lowest BCUT2D eigenvalue weighted by Crippen LogP contribution is -2.52. The maximum atomic E-state index is 12.6. The molecule has 0 bridgehead atoms.